The van der Waals surface area contributed by atoms with Crippen LogP contribution in [0.2, 0.25) is 0 Å². The number of carbonyl (C=O) groups excluding carboxylic acids is 3. The van der Waals surface area contributed by atoms with Gasteiger partial charge in [0.1, 0.15) is 13.2 Å². The molecule has 0 heterocycles. The molecule has 0 aromatic rings. The number of hydrogen-bond donors (Lipinski definition) is 0. The summed E-state index contributed by atoms with van der Waals surface area (Å²) in [5, 5.41) is 0. The summed E-state index contributed by atoms with van der Waals surface area (Å²) in [4.78, 5) is 38.1. The van der Waals surface area contributed by atoms with E-state index in [0.717, 1.165) is 103 Å². The van der Waals surface area contributed by atoms with Crippen molar-refractivity contribution in [3.8, 4) is 0 Å². The topological polar surface area (TPSA) is 78.9 Å². The molecule has 1 unspecified atom stereocenters. The Morgan fingerprint density at radius 1 is 0.313 bits per heavy atom. The fraction of sp³-hybridized carbons (Fsp3) is 0.787. The second-order valence-corrected chi connectivity index (χ2v) is 19.2. The predicted molar refractivity (Wildman–Crippen MR) is 288 cm³/mol. The fourth-order valence-corrected chi connectivity index (χ4v) is 8.19. The molecule has 0 radical (unpaired) electrons. The van der Waals surface area contributed by atoms with E-state index < -0.39 is 6.10 Å². The lowest BCUT2D eigenvalue weighted by atomic mass is 10.0. The normalized spacial score (nSPS) is 12.5. The summed E-state index contributed by atoms with van der Waals surface area (Å²) < 4.78 is 16.9. The minimum absolute atomic E-state index is 0.0823. The summed E-state index contributed by atoms with van der Waals surface area (Å²) in [7, 11) is 0. The molecule has 6 nitrogen and oxygen atoms in total. The van der Waals surface area contributed by atoms with Crippen molar-refractivity contribution in [3.05, 3.63) is 60.8 Å². The van der Waals surface area contributed by atoms with Gasteiger partial charge in [0, 0.05) is 19.3 Å². The van der Waals surface area contributed by atoms with E-state index in [1.54, 1.807) is 0 Å². The highest BCUT2D eigenvalue weighted by Crippen LogP contribution is 2.16. The molecule has 0 saturated heterocycles. The van der Waals surface area contributed by atoms with E-state index in [1.165, 1.54) is 148 Å². The lowest BCUT2D eigenvalue weighted by Crippen LogP contribution is -2.30. The van der Waals surface area contributed by atoms with Gasteiger partial charge in [-0.2, -0.15) is 0 Å². The van der Waals surface area contributed by atoms with Gasteiger partial charge >= 0.3 is 17.9 Å². The quantitative estimate of drug-likeness (QED) is 0.0262. The number of rotatable bonds is 52. The van der Waals surface area contributed by atoms with Gasteiger partial charge in [-0.05, 0) is 83.5 Å². The molecule has 0 aromatic carbocycles. The summed E-state index contributed by atoms with van der Waals surface area (Å²) in [6, 6.07) is 0. The first-order chi connectivity index (χ1) is 33.0. The van der Waals surface area contributed by atoms with Crippen LogP contribution in [0.1, 0.15) is 290 Å². The molecule has 0 N–H and O–H groups in total. The highest BCUT2D eigenvalue weighted by molar-refractivity contribution is 5.71. The zero-order valence-corrected chi connectivity index (χ0v) is 44.4. The van der Waals surface area contributed by atoms with Gasteiger partial charge < -0.3 is 14.2 Å². The second-order valence-electron chi connectivity index (χ2n) is 19.2. The summed E-state index contributed by atoms with van der Waals surface area (Å²) in [5.74, 6) is -0.901. The molecule has 0 aromatic heterocycles. The minimum Gasteiger partial charge on any atom is -0.462 e. The third-order valence-corrected chi connectivity index (χ3v) is 12.5. The molecule has 67 heavy (non-hydrogen) atoms. The molecular formula is C61H108O6. The van der Waals surface area contributed by atoms with Crippen LogP contribution in [0.4, 0.5) is 0 Å². The van der Waals surface area contributed by atoms with Crippen LogP contribution in [0.25, 0.3) is 0 Å². The molecule has 0 spiro atoms. The van der Waals surface area contributed by atoms with Crippen LogP contribution >= 0.6 is 0 Å². The maximum absolute atomic E-state index is 12.9. The largest absolute Gasteiger partial charge is 0.462 e. The first-order valence-electron chi connectivity index (χ1n) is 28.8. The Morgan fingerprint density at radius 2 is 0.582 bits per heavy atom. The number of carbonyl (C=O) groups is 3. The molecular weight excluding hydrogens is 829 g/mol. The van der Waals surface area contributed by atoms with Gasteiger partial charge in [0.25, 0.3) is 0 Å². The van der Waals surface area contributed by atoms with Crippen molar-refractivity contribution >= 4 is 17.9 Å². The monoisotopic (exact) mass is 937 g/mol. The Bertz CT molecular complexity index is 1210. The lowest BCUT2D eigenvalue weighted by molar-refractivity contribution is -0.167. The lowest BCUT2D eigenvalue weighted by Gasteiger charge is -2.18. The Hall–Kier alpha value is -2.89. The van der Waals surface area contributed by atoms with Crippen molar-refractivity contribution in [3.63, 3.8) is 0 Å². The summed E-state index contributed by atoms with van der Waals surface area (Å²) in [5.41, 5.74) is 0. The van der Waals surface area contributed by atoms with Crippen molar-refractivity contribution in [2.24, 2.45) is 0 Å². The summed E-state index contributed by atoms with van der Waals surface area (Å²) in [6.45, 7) is 6.51. The third-order valence-electron chi connectivity index (χ3n) is 12.5. The highest BCUT2D eigenvalue weighted by atomic mass is 16.6. The van der Waals surface area contributed by atoms with E-state index in [-0.39, 0.29) is 31.1 Å². The van der Waals surface area contributed by atoms with Crippen LogP contribution in [0, 0.1) is 0 Å². The van der Waals surface area contributed by atoms with Crippen LogP contribution < -0.4 is 0 Å². The number of unbranched alkanes of at least 4 members (excludes halogenated alkanes) is 31. The van der Waals surface area contributed by atoms with Crippen molar-refractivity contribution in [2.45, 2.75) is 297 Å². The van der Waals surface area contributed by atoms with E-state index >= 15 is 0 Å². The van der Waals surface area contributed by atoms with Gasteiger partial charge in [-0.25, -0.2) is 0 Å². The Balaban J connectivity index is 4.38. The molecule has 0 aliphatic rings. The fourth-order valence-electron chi connectivity index (χ4n) is 8.19. The summed E-state index contributed by atoms with van der Waals surface area (Å²) >= 11 is 0. The minimum atomic E-state index is -0.786. The Morgan fingerprint density at radius 3 is 0.940 bits per heavy atom. The maximum atomic E-state index is 12.9. The van der Waals surface area contributed by atoms with E-state index in [2.05, 4.69) is 81.5 Å². The molecule has 0 saturated carbocycles. The van der Waals surface area contributed by atoms with Gasteiger partial charge in [0.05, 0.1) is 0 Å². The molecule has 0 rings (SSSR count). The number of ether oxygens (including phenoxy) is 3. The summed E-state index contributed by atoms with van der Waals surface area (Å²) in [6.07, 6.45) is 69.2. The average Bonchev–Trinajstić information content (AvgIpc) is 3.33. The molecule has 0 aliphatic heterocycles. The first-order valence-corrected chi connectivity index (χ1v) is 28.8. The van der Waals surface area contributed by atoms with Gasteiger partial charge in [-0.3, -0.25) is 14.4 Å². The van der Waals surface area contributed by atoms with E-state index in [1.807, 2.05) is 0 Å². The number of hydrogen-bond acceptors (Lipinski definition) is 6. The molecule has 1 atom stereocenters. The van der Waals surface area contributed by atoms with Gasteiger partial charge in [-0.15, -0.1) is 0 Å². The predicted octanol–water partition coefficient (Wildman–Crippen LogP) is 19.2. The SMILES string of the molecule is CC/C=C\C/C=C\C/C=C\CCCCCCC(=O)OCC(COC(=O)CCCCCCCCCCCCCCCCCCCC)OC(=O)CCCCCCCCC/C=C\C/C=C\CCCCC. The molecule has 388 valence electrons. The number of esters is 3. The average molecular weight is 938 g/mol. The van der Waals surface area contributed by atoms with E-state index in [9.17, 15) is 14.4 Å². The molecule has 0 aliphatic carbocycles. The number of allylic oxidation sites excluding steroid dienone is 10. The highest BCUT2D eigenvalue weighted by Gasteiger charge is 2.19. The molecule has 0 amide bonds. The molecule has 6 heteroatoms. The molecule has 0 bridgehead atoms. The Kier molecular flexibility index (Phi) is 53.3. The van der Waals surface area contributed by atoms with Crippen molar-refractivity contribution in [1.82, 2.24) is 0 Å². The molecule has 0 fully saturated rings. The standard InChI is InChI=1S/C61H108O6/c1-4-7-10-13-16-19-22-25-28-30-32-33-36-39-42-45-48-51-54-60(63)66-57-58(56-65-59(62)53-50-47-44-41-38-35-27-24-21-18-15-12-9-6-3)67-61(64)55-52-49-46-43-40-37-34-31-29-26-23-20-17-14-11-8-5-2/h9,12,17-18,20-21,26-27,29,35,58H,4-8,10-11,13-16,19,22-25,28,30-34,36-57H2,1-3H3/b12-9-,20-17-,21-18-,29-26-,35-27-. The smallest absolute Gasteiger partial charge is 0.306 e. The third kappa shape index (κ3) is 53.9. The van der Waals surface area contributed by atoms with Gasteiger partial charge in [0.2, 0.25) is 0 Å². The second kappa shape index (κ2) is 55.7. The first kappa shape index (κ1) is 64.1. The maximum Gasteiger partial charge on any atom is 0.306 e. The van der Waals surface area contributed by atoms with Crippen LogP contribution in [0.3, 0.4) is 0 Å². The van der Waals surface area contributed by atoms with E-state index in [4.69, 9.17) is 14.2 Å². The Labute approximate surface area is 415 Å². The van der Waals surface area contributed by atoms with Gasteiger partial charge in [0.15, 0.2) is 6.10 Å². The van der Waals surface area contributed by atoms with Crippen LogP contribution in [0.5, 0.6) is 0 Å². The van der Waals surface area contributed by atoms with Crippen LogP contribution in [-0.2, 0) is 28.6 Å². The van der Waals surface area contributed by atoms with Gasteiger partial charge in [-0.1, -0.05) is 248 Å². The zero-order chi connectivity index (χ0) is 48.6. The van der Waals surface area contributed by atoms with Crippen LogP contribution in [-0.4, -0.2) is 37.2 Å². The van der Waals surface area contributed by atoms with Crippen molar-refractivity contribution in [2.75, 3.05) is 13.2 Å². The van der Waals surface area contributed by atoms with E-state index in [0.29, 0.717) is 19.3 Å². The van der Waals surface area contributed by atoms with Crippen LogP contribution in [0.15, 0.2) is 60.8 Å². The zero-order valence-electron chi connectivity index (χ0n) is 44.4. The van der Waals surface area contributed by atoms with Crippen molar-refractivity contribution in [1.29, 1.82) is 0 Å². The van der Waals surface area contributed by atoms with Crippen molar-refractivity contribution < 1.29 is 28.6 Å².